The summed E-state index contributed by atoms with van der Waals surface area (Å²) in [4.78, 5) is 19.7. The van der Waals surface area contributed by atoms with Crippen LogP contribution >= 0.6 is 11.3 Å². The molecule has 1 aliphatic carbocycles. The van der Waals surface area contributed by atoms with Crippen molar-refractivity contribution in [2.45, 2.75) is 38.6 Å². The Bertz CT molecular complexity index is 1030. The maximum atomic E-state index is 12.9. The fraction of sp³-hybridized carbons (Fsp3) is 0.350. The van der Waals surface area contributed by atoms with Gasteiger partial charge >= 0.3 is 0 Å². The molecule has 0 spiro atoms. The Hall–Kier alpha value is -2.65. The van der Waals surface area contributed by atoms with Gasteiger partial charge in [0.1, 0.15) is 17.2 Å². The highest BCUT2D eigenvalue weighted by atomic mass is 32.1. The second-order valence-electron chi connectivity index (χ2n) is 6.47. The molecule has 0 amide bonds. The Morgan fingerprint density at radius 3 is 2.81 bits per heavy atom. The molecule has 0 bridgehead atoms. The van der Waals surface area contributed by atoms with Crippen LogP contribution in [0.5, 0.6) is 5.75 Å². The number of hydrogen-bond acceptors (Lipinski definition) is 5. The van der Waals surface area contributed by atoms with Crippen LogP contribution in [0.3, 0.4) is 0 Å². The van der Waals surface area contributed by atoms with Crippen LogP contribution in [0.2, 0.25) is 0 Å². The van der Waals surface area contributed by atoms with Crippen molar-refractivity contribution in [3.63, 3.8) is 0 Å². The maximum absolute atomic E-state index is 12.9. The van der Waals surface area contributed by atoms with Gasteiger partial charge in [-0.05, 0) is 55.5 Å². The first-order valence-electron chi connectivity index (χ1n) is 8.89. The third kappa shape index (κ3) is 3.23. The number of aromatic nitrogens is 2. The van der Waals surface area contributed by atoms with E-state index in [0.29, 0.717) is 24.5 Å². The molecule has 26 heavy (non-hydrogen) atoms. The molecule has 132 valence electrons. The van der Waals surface area contributed by atoms with Crippen molar-refractivity contribution in [3.05, 3.63) is 57.0 Å². The van der Waals surface area contributed by atoms with Gasteiger partial charge < -0.3 is 4.74 Å². The first-order chi connectivity index (χ1) is 12.8. The molecule has 6 heteroatoms. The summed E-state index contributed by atoms with van der Waals surface area (Å²) in [5, 5.41) is 9.63. The van der Waals surface area contributed by atoms with E-state index in [4.69, 9.17) is 10.00 Å². The van der Waals surface area contributed by atoms with Crippen LogP contribution in [-0.4, -0.2) is 16.2 Å². The fourth-order valence-corrected chi connectivity index (χ4v) is 4.62. The van der Waals surface area contributed by atoms with Gasteiger partial charge in [0.2, 0.25) is 0 Å². The first kappa shape index (κ1) is 16.8. The molecule has 0 radical (unpaired) electrons. The van der Waals surface area contributed by atoms with Gasteiger partial charge in [0.05, 0.1) is 29.9 Å². The molecular formula is C20H19N3O2S. The Labute approximate surface area is 155 Å². The highest BCUT2D eigenvalue weighted by Crippen LogP contribution is 2.32. The van der Waals surface area contributed by atoms with Crippen LogP contribution in [0, 0.1) is 11.3 Å². The van der Waals surface area contributed by atoms with Crippen molar-refractivity contribution in [3.8, 4) is 11.8 Å². The molecule has 0 unspecified atom stereocenters. The van der Waals surface area contributed by atoms with E-state index in [2.05, 4.69) is 11.1 Å². The van der Waals surface area contributed by atoms with Gasteiger partial charge in [-0.1, -0.05) is 6.42 Å². The second-order valence-corrected chi connectivity index (χ2v) is 7.56. The topological polar surface area (TPSA) is 67.9 Å². The molecule has 0 N–H and O–H groups in total. The Morgan fingerprint density at radius 2 is 2.00 bits per heavy atom. The van der Waals surface area contributed by atoms with E-state index in [1.807, 2.05) is 0 Å². The number of hydrogen-bond donors (Lipinski definition) is 0. The number of aryl methyl sites for hydroxylation is 2. The molecule has 0 saturated carbocycles. The summed E-state index contributed by atoms with van der Waals surface area (Å²) in [5.41, 5.74) is 1.86. The lowest BCUT2D eigenvalue weighted by Crippen LogP contribution is -2.23. The van der Waals surface area contributed by atoms with Gasteiger partial charge in [-0.3, -0.25) is 9.36 Å². The van der Waals surface area contributed by atoms with Gasteiger partial charge in [-0.2, -0.15) is 5.26 Å². The van der Waals surface area contributed by atoms with Crippen LogP contribution in [-0.2, 0) is 19.4 Å². The molecule has 0 saturated heterocycles. The molecule has 2 aromatic heterocycles. The number of ether oxygens (including phenoxy) is 1. The predicted molar refractivity (Wildman–Crippen MR) is 102 cm³/mol. The number of rotatable bonds is 4. The van der Waals surface area contributed by atoms with E-state index in [9.17, 15) is 4.79 Å². The van der Waals surface area contributed by atoms with E-state index in [0.717, 1.165) is 29.5 Å². The zero-order valence-electron chi connectivity index (χ0n) is 14.4. The summed E-state index contributed by atoms with van der Waals surface area (Å²) >= 11 is 1.68. The third-order valence-electron chi connectivity index (χ3n) is 4.78. The molecule has 0 atom stereocenters. The normalized spacial score (nSPS) is 13.8. The van der Waals surface area contributed by atoms with Crippen molar-refractivity contribution in [1.29, 1.82) is 5.26 Å². The number of thiophene rings is 1. The monoisotopic (exact) mass is 365 g/mol. The zero-order valence-corrected chi connectivity index (χ0v) is 15.2. The van der Waals surface area contributed by atoms with Crippen molar-refractivity contribution >= 4 is 21.6 Å². The standard InChI is InChI=1S/C20H19N3O2S/c21-12-14-6-8-15(9-7-14)25-11-10-23-13-22-19-18(20(23)24)16-4-2-1-3-5-17(16)26-19/h6-9,13H,1-5,10-11H2. The minimum Gasteiger partial charge on any atom is -0.492 e. The zero-order chi connectivity index (χ0) is 17.9. The van der Waals surface area contributed by atoms with E-state index in [-0.39, 0.29) is 5.56 Å². The quantitative estimate of drug-likeness (QED) is 0.662. The van der Waals surface area contributed by atoms with Crippen LogP contribution in [0.25, 0.3) is 10.2 Å². The van der Waals surface area contributed by atoms with Gasteiger partial charge in [-0.15, -0.1) is 11.3 Å². The average Bonchev–Trinajstić information content (AvgIpc) is 2.86. The lowest BCUT2D eigenvalue weighted by molar-refractivity contribution is 0.296. The van der Waals surface area contributed by atoms with Crippen LogP contribution in [0.15, 0.2) is 35.4 Å². The van der Waals surface area contributed by atoms with E-state index in [1.54, 1.807) is 46.5 Å². The number of benzene rings is 1. The van der Waals surface area contributed by atoms with Crippen molar-refractivity contribution in [1.82, 2.24) is 9.55 Å². The fourth-order valence-electron chi connectivity index (χ4n) is 3.40. The average molecular weight is 365 g/mol. The van der Waals surface area contributed by atoms with E-state index in [1.165, 1.54) is 23.3 Å². The lowest BCUT2D eigenvalue weighted by atomic mass is 10.1. The Morgan fingerprint density at radius 1 is 1.19 bits per heavy atom. The van der Waals surface area contributed by atoms with Crippen LogP contribution < -0.4 is 10.3 Å². The molecule has 0 aliphatic heterocycles. The maximum Gasteiger partial charge on any atom is 0.262 e. The Balaban J connectivity index is 1.53. The highest BCUT2D eigenvalue weighted by molar-refractivity contribution is 7.18. The molecule has 5 nitrogen and oxygen atoms in total. The molecule has 1 aliphatic rings. The number of nitrogens with zero attached hydrogens (tertiary/aromatic N) is 3. The van der Waals surface area contributed by atoms with Gasteiger partial charge in [0, 0.05) is 4.88 Å². The summed E-state index contributed by atoms with van der Waals surface area (Å²) in [6.45, 7) is 0.831. The highest BCUT2D eigenvalue weighted by Gasteiger charge is 2.19. The predicted octanol–water partition coefficient (Wildman–Crippen LogP) is 3.68. The summed E-state index contributed by atoms with van der Waals surface area (Å²) in [5.74, 6) is 0.690. The smallest absolute Gasteiger partial charge is 0.262 e. The summed E-state index contributed by atoms with van der Waals surface area (Å²) < 4.78 is 7.34. The lowest BCUT2D eigenvalue weighted by Gasteiger charge is -2.08. The molecule has 2 heterocycles. The largest absolute Gasteiger partial charge is 0.492 e. The van der Waals surface area contributed by atoms with Crippen molar-refractivity contribution in [2.24, 2.45) is 0 Å². The molecule has 1 aromatic carbocycles. The second kappa shape index (κ2) is 7.30. The van der Waals surface area contributed by atoms with Crippen LogP contribution in [0.4, 0.5) is 0 Å². The Kier molecular flexibility index (Phi) is 4.72. The van der Waals surface area contributed by atoms with E-state index < -0.39 is 0 Å². The summed E-state index contributed by atoms with van der Waals surface area (Å²) in [7, 11) is 0. The first-order valence-corrected chi connectivity index (χ1v) is 9.70. The minimum absolute atomic E-state index is 0.0397. The van der Waals surface area contributed by atoms with Crippen LogP contribution in [0.1, 0.15) is 35.3 Å². The van der Waals surface area contributed by atoms with Gasteiger partial charge in [0.25, 0.3) is 5.56 Å². The molecule has 4 rings (SSSR count). The molecule has 3 aromatic rings. The third-order valence-corrected chi connectivity index (χ3v) is 5.98. The van der Waals surface area contributed by atoms with E-state index >= 15 is 0 Å². The van der Waals surface area contributed by atoms with Crippen molar-refractivity contribution < 1.29 is 4.74 Å². The molecule has 0 fully saturated rings. The number of fused-ring (bicyclic) bond motifs is 3. The minimum atomic E-state index is 0.0397. The summed E-state index contributed by atoms with van der Waals surface area (Å²) in [6.07, 6.45) is 7.26. The number of nitriles is 1. The SMILES string of the molecule is N#Cc1ccc(OCCn2cnc3sc4c(c3c2=O)CCCCC4)cc1. The molecular weight excluding hydrogens is 346 g/mol. The summed E-state index contributed by atoms with van der Waals surface area (Å²) in [6, 6.07) is 9.05. The van der Waals surface area contributed by atoms with Gasteiger partial charge in [0.15, 0.2) is 0 Å². The van der Waals surface area contributed by atoms with Crippen molar-refractivity contribution in [2.75, 3.05) is 6.61 Å². The van der Waals surface area contributed by atoms with Gasteiger partial charge in [-0.25, -0.2) is 4.98 Å².